The van der Waals surface area contributed by atoms with Crippen LogP contribution in [0.4, 0.5) is 0 Å². The number of likely N-dealkylation sites (tertiary alicyclic amines) is 1. The van der Waals surface area contributed by atoms with Crippen LogP contribution in [0.15, 0.2) is 12.3 Å². The molecule has 1 aliphatic rings. The van der Waals surface area contributed by atoms with Gasteiger partial charge in [0.1, 0.15) is 0 Å². The Balaban J connectivity index is 2.42. The summed E-state index contributed by atoms with van der Waals surface area (Å²) in [4.78, 5) is 4.90. The molecule has 88 valence electrons. The molecule has 1 heterocycles. The third-order valence-electron chi connectivity index (χ3n) is 3.10. The number of hydrogen-bond acceptors (Lipinski definition) is 2. The molecule has 0 N–H and O–H groups in total. The first-order chi connectivity index (χ1) is 6.79. The van der Waals surface area contributed by atoms with Gasteiger partial charge in [-0.05, 0) is 18.8 Å². The molecule has 1 atom stereocenters. The lowest BCUT2D eigenvalue weighted by Crippen LogP contribution is -2.36. The van der Waals surface area contributed by atoms with E-state index >= 15 is 0 Å². The molecule has 1 fully saturated rings. The Kier molecular flexibility index (Phi) is 3.82. The predicted molar refractivity (Wildman–Crippen MR) is 66.9 cm³/mol. The minimum absolute atomic E-state index is 0.413. The Labute approximate surface area is 94.9 Å². The second-order valence-electron chi connectivity index (χ2n) is 6.08. The molecule has 0 bridgehead atoms. The Morgan fingerprint density at radius 3 is 2.53 bits per heavy atom. The molecule has 1 saturated heterocycles. The van der Waals surface area contributed by atoms with E-state index in [1.165, 1.54) is 31.8 Å². The van der Waals surface area contributed by atoms with Crippen molar-refractivity contribution in [3.63, 3.8) is 0 Å². The first-order valence-electron chi connectivity index (χ1n) is 5.90. The highest BCUT2D eigenvalue weighted by molar-refractivity contribution is 4.94. The summed E-state index contributed by atoms with van der Waals surface area (Å²) in [6.45, 7) is 16.7. The van der Waals surface area contributed by atoms with Gasteiger partial charge in [0.2, 0.25) is 0 Å². The van der Waals surface area contributed by atoms with Gasteiger partial charge in [0.25, 0.3) is 0 Å². The molecule has 0 aromatic carbocycles. The average molecular weight is 210 g/mol. The van der Waals surface area contributed by atoms with Crippen molar-refractivity contribution in [2.45, 2.75) is 40.2 Å². The molecule has 0 saturated carbocycles. The summed E-state index contributed by atoms with van der Waals surface area (Å²) in [6, 6.07) is 0.671. The maximum atomic E-state index is 4.01. The number of rotatable bonds is 3. The number of allylic oxidation sites excluding steroid dienone is 1. The van der Waals surface area contributed by atoms with Gasteiger partial charge in [0.05, 0.1) is 0 Å². The van der Waals surface area contributed by atoms with E-state index in [9.17, 15) is 0 Å². The van der Waals surface area contributed by atoms with E-state index in [2.05, 4.69) is 51.1 Å². The molecule has 0 aromatic rings. The van der Waals surface area contributed by atoms with E-state index < -0.39 is 0 Å². The highest BCUT2D eigenvalue weighted by Crippen LogP contribution is 2.22. The molecule has 0 radical (unpaired) electrons. The lowest BCUT2D eigenvalue weighted by molar-refractivity contribution is 0.209. The fourth-order valence-corrected chi connectivity index (χ4v) is 2.25. The van der Waals surface area contributed by atoms with Gasteiger partial charge in [0.15, 0.2) is 0 Å². The molecule has 0 spiro atoms. The van der Waals surface area contributed by atoms with Gasteiger partial charge < -0.3 is 9.80 Å². The van der Waals surface area contributed by atoms with Crippen LogP contribution in [0.2, 0.25) is 0 Å². The van der Waals surface area contributed by atoms with E-state index in [1.807, 2.05) is 0 Å². The zero-order valence-electron chi connectivity index (χ0n) is 11.0. The summed E-state index contributed by atoms with van der Waals surface area (Å²) in [5, 5.41) is 0. The van der Waals surface area contributed by atoms with Gasteiger partial charge >= 0.3 is 0 Å². The normalized spacial score (nSPS) is 23.1. The minimum atomic E-state index is 0.413. The second-order valence-corrected chi connectivity index (χ2v) is 6.08. The second kappa shape index (κ2) is 4.56. The molecule has 0 aliphatic carbocycles. The predicted octanol–water partition coefficient (Wildman–Crippen LogP) is 2.57. The first kappa shape index (κ1) is 12.6. The van der Waals surface area contributed by atoms with E-state index in [0.717, 1.165) is 0 Å². The average Bonchev–Trinajstić information content (AvgIpc) is 2.48. The van der Waals surface area contributed by atoms with Crippen LogP contribution in [-0.4, -0.2) is 42.5 Å². The molecular formula is C13H26N2. The Morgan fingerprint density at radius 2 is 2.07 bits per heavy atom. The summed E-state index contributed by atoms with van der Waals surface area (Å²) in [6.07, 6.45) is 1.28. The van der Waals surface area contributed by atoms with Crippen molar-refractivity contribution in [2.24, 2.45) is 5.41 Å². The molecule has 2 heteroatoms. The van der Waals surface area contributed by atoms with Gasteiger partial charge in [-0.15, -0.1) is 0 Å². The third kappa shape index (κ3) is 3.86. The number of nitrogens with zero attached hydrogens (tertiary/aromatic N) is 2. The molecule has 1 rings (SSSR count). The molecule has 0 aromatic heterocycles. The Bertz CT molecular complexity index is 227. The van der Waals surface area contributed by atoms with Gasteiger partial charge in [-0.2, -0.15) is 0 Å². The van der Waals surface area contributed by atoms with Crippen LogP contribution in [0.5, 0.6) is 0 Å². The van der Waals surface area contributed by atoms with Crippen molar-refractivity contribution in [3.8, 4) is 0 Å². The fraction of sp³-hybridized carbons (Fsp3) is 0.846. The number of likely N-dealkylation sites (N-methyl/N-ethyl adjacent to an activating group) is 1. The first-order valence-corrected chi connectivity index (χ1v) is 5.90. The SMILES string of the molecule is C=C(C)N(C)C1CCN(CC(C)(C)C)C1. The summed E-state index contributed by atoms with van der Waals surface area (Å²) in [7, 11) is 2.16. The standard InChI is InChI=1S/C13H26N2/c1-11(2)14(6)12-7-8-15(9-12)10-13(3,4)5/h12H,1,7-10H2,2-6H3. The van der Waals surface area contributed by atoms with Crippen LogP contribution in [-0.2, 0) is 0 Å². The van der Waals surface area contributed by atoms with Crippen molar-refractivity contribution in [1.82, 2.24) is 9.80 Å². The van der Waals surface area contributed by atoms with Crippen molar-refractivity contribution in [1.29, 1.82) is 0 Å². The molecule has 2 nitrogen and oxygen atoms in total. The topological polar surface area (TPSA) is 6.48 Å². The molecule has 0 amide bonds. The highest BCUT2D eigenvalue weighted by atomic mass is 15.2. The lowest BCUT2D eigenvalue weighted by atomic mass is 9.96. The molecule has 1 unspecified atom stereocenters. The zero-order valence-corrected chi connectivity index (χ0v) is 11.0. The van der Waals surface area contributed by atoms with E-state index in [4.69, 9.17) is 0 Å². The third-order valence-corrected chi connectivity index (χ3v) is 3.10. The van der Waals surface area contributed by atoms with E-state index in [0.29, 0.717) is 11.5 Å². The highest BCUT2D eigenvalue weighted by Gasteiger charge is 2.27. The van der Waals surface area contributed by atoms with Gasteiger partial charge in [-0.25, -0.2) is 0 Å². The summed E-state index contributed by atoms with van der Waals surface area (Å²) >= 11 is 0. The van der Waals surface area contributed by atoms with Gasteiger partial charge in [-0.3, -0.25) is 0 Å². The van der Waals surface area contributed by atoms with Crippen molar-refractivity contribution in [2.75, 3.05) is 26.7 Å². The summed E-state index contributed by atoms with van der Waals surface area (Å²) < 4.78 is 0. The molecule has 15 heavy (non-hydrogen) atoms. The molecule has 1 aliphatic heterocycles. The van der Waals surface area contributed by atoms with Crippen molar-refractivity contribution in [3.05, 3.63) is 12.3 Å². The van der Waals surface area contributed by atoms with E-state index in [1.54, 1.807) is 0 Å². The lowest BCUT2D eigenvalue weighted by Gasteiger charge is -2.29. The maximum Gasteiger partial charge on any atom is 0.0422 e. The van der Waals surface area contributed by atoms with E-state index in [-0.39, 0.29) is 0 Å². The molecular weight excluding hydrogens is 184 g/mol. The van der Waals surface area contributed by atoms with Gasteiger partial charge in [0, 0.05) is 38.4 Å². The van der Waals surface area contributed by atoms with Crippen LogP contribution in [0.1, 0.15) is 34.1 Å². The van der Waals surface area contributed by atoms with Crippen LogP contribution < -0.4 is 0 Å². The van der Waals surface area contributed by atoms with Crippen LogP contribution in [0.25, 0.3) is 0 Å². The minimum Gasteiger partial charge on any atom is -0.374 e. The Hall–Kier alpha value is -0.500. The largest absolute Gasteiger partial charge is 0.374 e. The number of hydrogen-bond donors (Lipinski definition) is 0. The van der Waals surface area contributed by atoms with Crippen molar-refractivity contribution < 1.29 is 0 Å². The summed E-state index contributed by atoms with van der Waals surface area (Å²) in [5.74, 6) is 0. The quantitative estimate of drug-likeness (QED) is 0.706. The van der Waals surface area contributed by atoms with Crippen LogP contribution in [0.3, 0.4) is 0 Å². The van der Waals surface area contributed by atoms with Crippen LogP contribution in [0, 0.1) is 5.41 Å². The van der Waals surface area contributed by atoms with Gasteiger partial charge in [-0.1, -0.05) is 27.4 Å². The maximum absolute atomic E-state index is 4.01. The fourth-order valence-electron chi connectivity index (χ4n) is 2.25. The van der Waals surface area contributed by atoms with Crippen LogP contribution >= 0.6 is 0 Å². The zero-order chi connectivity index (χ0) is 11.6. The Morgan fingerprint density at radius 1 is 1.47 bits per heavy atom. The summed E-state index contributed by atoms with van der Waals surface area (Å²) in [5.41, 5.74) is 1.59. The van der Waals surface area contributed by atoms with Crippen molar-refractivity contribution >= 4 is 0 Å². The smallest absolute Gasteiger partial charge is 0.0422 e. The monoisotopic (exact) mass is 210 g/mol.